The number of rotatable bonds is 3. The summed E-state index contributed by atoms with van der Waals surface area (Å²) in [6, 6.07) is 18.4. The molecule has 1 aliphatic heterocycles. The maximum absolute atomic E-state index is 12.6. The molecule has 0 saturated carbocycles. The summed E-state index contributed by atoms with van der Waals surface area (Å²) < 4.78 is 0. The van der Waals surface area contributed by atoms with Crippen LogP contribution >= 0.6 is 0 Å². The Morgan fingerprint density at radius 3 is 2.11 bits per heavy atom. The summed E-state index contributed by atoms with van der Waals surface area (Å²) in [7, 11) is 0. The van der Waals surface area contributed by atoms with Gasteiger partial charge in [0.2, 0.25) is 5.91 Å². The predicted molar refractivity (Wildman–Crippen MR) is 107 cm³/mol. The van der Waals surface area contributed by atoms with Gasteiger partial charge in [0.1, 0.15) is 0 Å². The zero-order valence-corrected chi connectivity index (χ0v) is 16.0. The lowest BCUT2D eigenvalue weighted by atomic mass is 10.0. The molecule has 1 fully saturated rings. The van der Waals surface area contributed by atoms with E-state index in [1.807, 2.05) is 25.1 Å². The third-order valence-electron chi connectivity index (χ3n) is 5.09. The number of carbonyl (C=O) groups is 2. The SMILES string of the molecule is CC(=O)N1CCCN(C(=O)N[C@@H](C)c2ccc(-c3ccccc3)cc2)CC1. The molecule has 1 N–H and O–H groups in total. The van der Waals surface area contributed by atoms with Crippen LogP contribution in [0.1, 0.15) is 31.9 Å². The molecule has 2 aromatic carbocycles. The van der Waals surface area contributed by atoms with Crippen molar-refractivity contribution >= 4 is 11.9 Å². The fourth-order valence-corrected chi connectivity index (χ4v) is 3.39. The molecule has 2 aromatic rings. The zero-order chi connectivity index (χ0) is 19.2. The lowest BCUT2D eigenvalue weighted by molar-refractivity contribution is -0.128. The van der Waals surface area contributed by atoms with Crippen LogP contribution < -0.4 is 5.32 Å². The van der Waals surface area contributed by atoms with Crippen LogP contribution in [0.15, 0.2) is 54.6 Å². The number of urea groups is 1. The van der Waals surface area contributed by atoms with Crippen LogP contribution in [0.2, 0.25) is 0 Å². The van der Waals surface area contributed by atoms with E-state index in [9.17, 15) is 9.59 Å². The summed E-state index contributed by atoms with van der Waals surface area (Å²) in [5.74, 6) is 0.0733. The number of nitrogens with one attached hydrogen (secondary N) is 1. The quantitative estimate of drug-likeness (QED) is 0.902. The minimum atomic E-state index is -0.0745. The fourth-order valence-electron chi connectivity index (χ4n) is 3.39. The standard InChI is InChI=1S/C22H27N3O2/c1-17(19-9-11-21(12-10-19)20-7-4-3-5-8-20)23-22(27)25-14-6-13-24(15-16-25)18(2)26/h3-5,7-12,17H,6,13-16H2,1-2H3,(H,23,27)/t17-/m0/s1. The van der Waals surface area contributed by atoms with Crippen LogP contribution in [0, 0.1) is 0 Å². The normalized spacial score (nSPS) is 15.8. The first-order valence-electron chi connectivity index (χ1n) is 9.51. The van der Waals surface area contributed by atoms with E-state index in [0.717, 1.165) is 24.1 Å². The Morgan fingerprint density at radius 2 is 1.44 bits per heavy atom. The molecule has 1 heterocycles. The Balaban J connectivity index is 1.59. The van der Waals surface area contributed by atoms with Gasteiger partial charge in [0.15, 0.2) is 0 Å². The number of hydrogen-bond acceptors (Lipinski definition) is 2. The maximum atomic E-state index is 12.6. The van der Waals surface area contributed by atoms with Gasteiger partial charge in [0.25, 0.3) is 0 Å². The van der Waals surface area contributed by atoms with Crippen molar-refractivity contribution in [1.29, 1.82) is 0 Å². The third-order valence-corrected chi connectivity index (χ3v) is 5.09. The second-order valence-electron chi connectivity index (χ2n) is 7.01. The molecule has 1 saturated heterocycles. The van der Waals surface area contributed by atoms with Crippen molar-refractivity contribution in [3.8, 4) is 11.1 Å². The number of hydrogen-bond donors (Lipinski definition) is 1. The lowest BCUT2D eigenvalue weighted by Crippen LogP contribution is -2.43. The predicted octanol–water partition coefficient (Wildman–Crippen LogP) is 3.68. The molecule has 1 atom stereocenters. The van der Waals surface area contributed by atoms with Crippen molar-refractivity contribution in [2.45, 2.75) is 26.3 Å². The second-order valence-corrected chi connectivity index (χ2v) is 7.01. The number of nitrogens with zero attached hydrogens (tertiary/aromatic N) is 2. The summed E-state index contributed by atoms with van der Waals surface area (Å²) in [5.41, 5.74) is 3.42. The molecule has 3 rings (SSSR count). The average molecular weight is 365 g/mol. The molecule has 142 valence electrons. The summed E-state index contributed by atoms with van der Waals surface area (Å²) in [6.07, 6.45) is 0.813. The lowest BCUT2D eigenvalue weighted by Gasteiger charge is -2.24. The number of benzene rings is 2. The highest BCUT2D eigenvalue weighted by Gasteiger charge is 2.21. The first-order chi connectivity index (χ1) is 13.0. The van der Waals surface area contributed by atoms with E-state index in [1.54, 1.807) is 16.7 Å². The van der Waals surface area contributed by atoms with Crippen LogP contribution in [0.25, 0.3) is 11.1 Å². The molecule has 27 heavy (non-hydrogen) atoms. The molecular formula is C22H27N3O2. The van der Waals surface area contributed by atoms with Crippen molar-refractivity contribution in [3.63, 3.8) is 0 Å². The summed E-state index contributed by atoms with van der Waals surface area (Å²) in [4.78, 5) is 27.7. The van der Waals surface area contributed by atoms with Gasteiger partial charge in [-0.1, -0.05) is 54.6 Å². The van der Waals surface area contributed by atoms with Gasteiger partial charge in [-0.3, -0.25) is 4.79 Å². The molecule has 0 radical (unpaired) electrons. The minimum absolute atomic E-state index is 0.0694. The van der Waals surface area contributed by atoms with Gasteiger partial charge in [-0.15, -0.1) is 0 Å². The third kappa shape index (κ3) is 4.88. The molecule has 0 bridgehead atoms. The first kappa shape index (κ1) is 19.0. The average Bonchev–Trinajstić information content (AvgIpc) is 2.95. The van der Waals surface area contributed by atoms with E-state index < -0.39 is 0 Å². The van der Waals surface area contributed by atoms with E-state index in [-0.39, 0.29) is 18.0 Å². The molecule has 5 nitrogen and oxygen atoms in total. The largest absolute Gasteiger partial charge is 0.341 e. The van der Waals surface area contributed by atoms with Crippen LogP contribution in [0.5, 0.6) is 0 Å². The molecule has 0 unspecified atom stereocenters. The Bertz CT molecular complexity index is 774. The van der Waals surface area contributed by atoms with Gasteiger partial charge in [-0.25, -0.2) is 4.79 Å². The molecule has 0 spiro atoms. The molecular weight excluding hydrogens is 338 g/mol. The minimum Gasteiger partial charge on any atom is -0.341 e. The Hall–Kier alpha value is -2.82. The summed E-state index contributed by atoms with van der Waals surface area (Å²) in [5, 5.41) is 3.08. The van der Waals surface area contributed by atoms with Crippen LogP contribution in [0.3, 0.4) is 0 Å². The molecule has 0 aromatic heterocycles. The first-order valence-corrected chi connectivity index (χ1v) is 9.51. The van der Waals surface area contributed by atoms with Gasteiger partial charge < -0.3 is 15.1 Å². The van der Waals surface area contributed by atoms with E-state index in [4.69, 9.17) is 0 Å². The Labute approximate surface area is 161 Å². The van der Waals surface area contributed by atoms with Crippen LogP contribution in [-0.4, -0.2) is 47.9 Å². The van der Waals surface area contributed by atoms with Crippen molar-refractivity contribution in [1.82, 2.24) is 15.1 Å². The van der Waals surface area contributed by atoms with Crippen molar-refractivity contribution < 1.29 is 9.59 Å². The van der Waals surface area contributed by atoms with Gasteiger partial charge in [0, 0.05) is 33.1 Å². The highest BCUT2D eigenvalue weighted by Crippen LogP contribution is 2.22. The number of carbonyl (C=O) groups excluding carboxylic acids is 2. The van der Waals surface area contributed by atoms with Gasteiger partial charge in [-0.2, -0.15) is 0 Å². The summed E-state index contributed by atoms with van der Waals surface area (Å²) >= 11 is 0. The van der Waals surface area contributed by atoms with Gasteiger partial charge in [-0.05, 0) is 30.0 Å². The van der Waals surface area contributed by atoms with E-state index in [0.29, 0.717) is 19.6 Å². The number of amides is 3. The van der Waals surface area contributed by atoms with Crippen LogP contribution in [0.4, 0.5) is 4.79 Å². The molecule has 5 heteroatoms. The monoisotopic (exact) mass is 365 g/mol. The highest BCUT2D eigenvalue weighted by molar-refractivity contribution is 5.76. The van der Waals surface area contributed by atoms with Gasteiger partial charge in [0.05, 0.1) is 6.04 Å². The highest BCUT2D eigenvalue weighted by atomic mass is 16.2. The Morgan fingerprint density at radius 1 is 0.852 bits per heavy atom. The van der Waals surface area contributed by atoms with Crippen LogP contribution in [-0.2, 0) is 4.79 Å². The van der Waals surface area contributed by atoms with Crippen molar-refractivity contribution in [2.75, 3.05) is 26.2 Å². The molecule has 0 aliphatic carbocycles. The fraction of sp³-hybridized carbons (Fsp3) is 0.364. The second kappa shape index (κ2) is 8.71. The van der Waals surface area contributed by atoms with Crippen molar-refractivity contribution in [2.24, 2.45) is 0 Å². The zero-order valence-electron chi connectivity index (χ0n) is 16.0. The summed E-state index contributed by atoms with van der Waals surface area (Å²) in [6.45, 7) is 6.14. The smallest absolute Gasteiger partial charge is 0.317 e. The van der Waals surface area contributed by atoms with Crippen molar-refractivity contribution in [3.05, 3.63) is 60.2 Å². The topological polar surface area (TPSA) is 52.7 Å². The van der Waals surface area contributed by atoms with E-state index >= 15 is 0 Å². The molecule has 3 amide bonds. The van der Waals surface area contributed by atoms with Gasteiger partial charge >= 0.3 is 6.03 Å². The molecule has 1 aliphatic rings. The maximum Gasteiger partial charge on any atom is 0.317 e. The van der Waals surface area contributed by atoms with E-state index in [1.165, 1.54) is 5.56 Å². The Kier molecular flexibility index (Phi) is 6.12. The van der Waals surface area contributed by atoms with E-state index in [2.05, 4.69) is 41.7 Å².